The Balaban J connectivity index is 0.874. The number of piperidine rings is 1. The highest BCUT2D eigenvalue weighted by Gasteiger charge is 2.46. The first-order valence-corrected chi connectivity index (χ1v) is 21.3. The van der Waals surface area contributed by atoms with Crippen molar-refractivity contribution in [1.82, 2.24) is 45.3 Å². The Bertz CT molecular complexity index is 2510. The summed E-state index contributed by atoms with van der Waals surface area (Å²) in [7, 11) is 1.60. The van der Waals surface area contributed by atoms with Crippen LogP contribution in [0.5, 0.6) is 0 Å². The molecular formula is C43H47F2N11O7. The zero-order valence-electron chi connectivity index (χ0n) is 34.6. The summed E-state index contributed by atoms with van der Waals surface area (Å²) in [6.07, 6.45) is 4.15. The zero-order valence-corrected chi connectivity index (χ0v) is 34.6. The third kappa shape index (κ3) is 7.87. The third-order valence-corrected chi connectivity index (χ3v) is 12.5. The molecule has 0 saturated carbocycles. The summed E-state index contributed by atoms with van der Waals surface area (Å²) >= 11 is 0. The number of imide groups is 2. The van der Waals surface area contributed by atoms with Crippen molar-refractivity contribution in [3.05, 3.63) is 76.2 Å². The highest BCUT2D eigenvalue weighted by molar-refractivity contribution is 6.25. The number of benzene rings is 2. The van der Waals surface area contributed by atoms with Crippen molar-refractivity contribution in [3.63, 3.8) is 0 Å². The summed E-state index contributed by atoms with van der Waals surface area (Å²) in [6.45, 7) is 2.91. The second-order valence-electron chi connectivity index (χ2n) is 16.3. The minimum Gasteiger partial charge on any atom is -0.381 e. The number of nitrogens with one attached hydrogen (secondary N) is 4. The standard InChI is InChI=1S/C43H47F2N11O7/c1-46-43(62)52-14-9-32-30(23-52)39(51-56(32)26-10-16-63-17-11-26)54-13-3-4-24-18-28(29(38(44)45)19-34(24)54)25-20-49-53(22-25)15-12-47-36(58)21-48-31-6-2-5-27-37(31)42(61)55(41(27)60)33-7-8-35(57)50-40(33)59/h2,5-6,18-20,22,26,33,38,48H,3-4,7-17,21,23H2,1H3,(H,46,62)(H,47,58)(H,50,57,59). The highest BCUT2D eigenvalue weighted by Crippen LogP contribution is 2.44. The van der Waals surface area contributed by atoms with Gasteiger partial charge in [0.1, 0.15) is 6.04 Å². The molecule has 1 atom stereocenters. The molecular weight excluding hydrogens is 821 g/mol. The molecule has 0 radical (unpaired) electrons. The van der Waals surface area contributed by atoms with Crippen LogP contribution >= 0.6 is 0 Å². The Morgan fingerprint density at radius 2 is 1.83 bits per heavy atom. The summed E-state index contributed by atoms with van der Waals surface area (Å²) in [5.41, 5.74) is 4.68. The van der Waals surface area contributed by atoms with Crippen molar-refractivity contribution in [2.24, 2.45) is 0 Å². The number of alkyl halides is 2. The normalized spacial score (nSPS) is 18.9. The first-order valence-electron chi connectivity index (χ1n) is 21.3. The van der Waals surface area contributed by atoms with E-state index in [0.29, 0.717) is 68.3 Å². The number of urea groups is 1. The fourth-order valence-electron chi connectivity index (χ4n) is 9.34. The first kappa shape index (κ1) is 41.6. The minimum absolute atomic E-state index is 0.00508. The predicted octanol–water partition coefficient (Wildman–Crippen LogP) is 3.45. The number of halogens is 2. The Hall–Kier alpha value is -6.70. The van der Waals surface area contributed by atoms with Crippen LogP contribution in [0, 0.1) is 0 Å². The number of hydrogen-bond donors (Lipinski definition) is 4. The molecule has 0 bridgehead atoms. The third-order valence-electron chi connectivity index (χ3n) is 12.5. The fraction of sp³-hybridized carbons (Fsp3) is 0.442. The molecule has 5 aliphatic rings. The number of carbonyl (C=O) groups excluding carboxylic acids is 6. The maximum absolute atomic E-state index is 15.0. The Kier molecular flexibility index (Phi) is 11.4. The van der Waals surface area contributed by atoms with Gasteiger partial charge in [0.2, 0.25) is 17.7 Å². The molecule has 7 amide bonds. The van der Waals surface area contributed by atoms with Crippen LogP contribution in [0.25, 0.3) is 11.1 Å². The summed E-state index contributed by atoms with van der Waals surface area (Å²) in [5.74, 6) is -2.26. The molecule has 7 heterocycles. The molecule has 330 valence electrons. The van der Waals surface area contributed by atoms with Crippen molar-refractivity contribution in [2.75, 3.05) is 56.7 Å². The van der Waals surface area contributed by atoms with Gasteiger partial charge >= 0.3 is 6.03 Å². The summed E-state index contributed by atoms with van der Waals surface area (Å²) < 4.78 is 39.3. The Morgan fingerprint density at radius 1 is 1.00 bits per heavy atom. The van der Waals surface area contributed by atoms with Crippen molar-refractivity contribution in [1.29, 1.82) is 0 Å². The predicted molar refractivity (Wildman–Crippen MR) is 222 cm³/mol. The minimum atomic E-state index is -2.79. The summed E-state index contributed by atoms with van der Waals surface area (Å²) in [4.78, 5) is 81.0. The van der Waals surface area contributed by atoms with E-state index in [4.69, 9.17) is 9.84 Å². The molecule has 18 nitrogen and oxygen atoms in total. The van der Waals surface area contributed by atoms with E-state index in [9.17, 15) is 28.8 Å². The van der Waals surface area contributed by atoms with Crippen LogP contribution in [0.1, 0.15) is 87.7 Å². The maximum atomic E-state index is 15.0. The Morgan fingerprint density at radius 3 is 2.60 bits per heavy atom. The lowest BCUT2D eigenvalue weighted by Gasteiger charge is -2.33. The van der Waals surface area contributed by atoms with Gasteiger partial charge in [0.25, 0.3) is 18.2 Å². The van der Waals surface area contributed by atoms with Crippen LogP contribution < -0.4 is 26.2 Å². The molecule has 1 unspecified atom stereocenters. The molecule has 63 heavy (non-hydrogen) atoms. The van der Waals surface area contributed by atoms with E-state index in [1.165, 1.54) is 12.3 Å². The van der Waals surface area contributed by atoms with Gasteiger partial charge in [-0.05, 0) is 67.5 Å². The lowest BCUT2D eigenvalue weighted by molar-refractivity contribution is -0.136. The molecule has 0 spiro atoms. The lowest BCUT2D eigenvalue weighted by Crippen LogP contribution is -2.54. The van der Waals surface area contributed by atoms with E-state index in [1.54, 1.807) is 41.0 Å². The van der Waals surface area contributed by atoms with E-state index in [1.807, 2.05) is 11.0 Å². The fourth-order valence-corrected chi connectivity index (χ4v) is 9.34. The van der Waals surface area contributed by atoms with E-state index >= 15 is 8.78 Å². The molecule has 9 rings (SSSR count). The number of carbonyl (C=O) groups is 6. The van der Waals surface area contributed by atoms with Gasteiger partial charge in [0, 0.05) is 92.7 Å². The number of fused-ring (bicyclic) bond motifs is 3. The van der Waals surface area contributed by atoms with Gasteiger partial charge < -0.3 is 30.5 Å². The van der Waals surface area contributed by atoms with Crippen LogP contribution in [-0.2, 0) is 45.1 Å². The van der Waals surface area contributed by atoms with Gasteiger partial charge in [-0.1, -0.05) is 6.07 Å². The average molecular weight is 868 g/mol. The van der Waals surface area contributed by atoms with Crippen molar-refractivity contribution >= 4 is 52.8 Å². The molecule has 2 fully saturated rings. The second-order valence-corrected chi connectivity index (χ2v) is 16.3. The van der Waals surface area contributed by atoms with Gasteiger partial charge in [0.15, 0.2) is 5.82 Å². The van der Waals surface area contributed by atoms with Gasteiger partial charge in [-0.2, -0.15) is 10.2 Å². The highest BCUT2D eigenvalue weighted by atomic mass is 19.3. The van der Waals surface area contributed by atoms with Gasteiger partial charge in [-0.3, -0.25) is 43.6 Å². The Labute approximate surface area is 360 Å². The zero-order chi connectivity index (χ0) is 43.9. The molecule has 4 N–H and O–H groups in total. The number of aryl methyl sites for hydroxylation is 1. The molecule has 2 saturated heterocycles. The molecule has 4 aromatic rings. The SMILES string of the molecule is CNC(=O)N1CCc2c(c(N3CCCc4cc(-c5cnn(CCNC(=O)CNc6cccc7c6C(=O)N(C6CCC(=O)NC6=O)C7=O)c5)c(C(F)F)cc43)nn2C2CCOCC2)C1. The topological polar surface area (TPSA) is 205 Å². The quantitative estimate of drug-likeness (QED) is 0.161. The van der Waals surface area contributed by atoms with Gasteiger partial charge in [0.05, 0.1) is 43.0 Å². The largest absolute Gasteiger partial charge is 0.381 e. The monoisotopic (exact) mass is 867 g/mol. The smallest absolute Gasteiger partial charge is 0.317 e. The number of anilines is 3. The van der Waals surface area contributed by atoms with E-state index in [-0.39, 0.29) is 66.9 Å². The molecule has 2 aromatic heterocycles. The number of amides is 7. The number of rotatable bonds is 11. The van der Waals surface area contributed by atoms with Crippen LogP contribution in [-0.4, -0.2) is 117 Å². The van der Waals surface area contributed by atoms with Crippen LogP contribution in [0.2, 0.25) is 0 Å². The van der Waals surface area contributed by atoms with E-state index in [2.05, 4.69) is 31.0 Å². The summed E-state index contributed by atoms with van der Waals surface area (Å²) in [6, 6.07) is 6.82. The molecule has 5 aliphatic heterocycles. The van der Waals surface area contributed by atoms with Crippen molar-refractivity contribution < 1.29 is 42.3 Å². The number of aromatic nitrogens is 4. The van der Waals surface area contributed by atoms with Gasteiger partial charge in [-0.25, -0.2) is 13.6 Å². The van der Waals surface area contributed by atoms with Crippen molar-refractivity contribution in [2.45, 2.75) is 76.5 Å². The molecule has 20 heteroatoms. The van der Waals surface area contributed by atoms with E-state index in [0.717, 1.165) is 41.0 Å². The van der Waals surface area contributed by atoms with Crippen LogP contribution in [0.4, 0.5) is 30.8 Å². The first-order chi connectivity index (χ1) is 30.5. The van der Waals surface area contributed by atoms with Crippen molar-refractivity contribution in [3.8, 4) is 11.1 Å². The second kappa shape index (κ2) is 17.2. The molecule has 0 aliphatic carbocycles. The summed E-state index contributed by atoms with van der Waals surface area (Å²) in [5, 5.41) is 20.2. The molecule has 2 aromatic carbocycles. The van der Waals surface area contributed by atoms with Gasteiger partial charge in [-0.15, -0.1) is 0 Å². The maximum Gasteiger partial charge on any atom is 0.317 e. The lowest BCUT2D eigenvalue weighted by atomic mass is 9.92. The van der Waals surface area contributed by atoms with Crippen LogP contribution in [0.3, 0.4) is 0 Å². The number of nitrogens with zero attached hydrogens (tertiary/aromatic N) is 7. The number of ether oxygens (including phenoxy) is 1. The van der Waals surface area contributed by atoms with Crippen LogP contribution in [0.15, 0.2) is 42.7 Å². The average Bonchev–Trinajstić information content (AvgIpc) is 3.99. The van der Waals surface area contributed by atoms with E-state index < -0.39 is 42.0 Å². The number of hydrogen-bond acceptors (Lipinski definition) is 11.